The number of carbonyl (C=O) groups excluding carboxylic acids is 1. The topological polar surface area (TPSA) is 54.0 Å². The second-order valence-electron chi connectivity index (χ2n) is 18.2. The Morgan fingerprint density at radius 1 is 0.738 bits per heavy atom. The van der Waals surface area contributed by atoms with Gasteiger partial charge in [-0.2, -0.15) is 0 Å². The molecule has 0 aromatic heterocycles. The molecule has 11 atom stereocenters. The van der Waals surface area contributed by atoms with Crippen molar-refractivity contribution in [2.45, 2.75) is 156 Å². The van der Waals surface area contributed by atoms with Gasteiger partial charge in [-0.05, 0) is 157 Å². The van der Waals surface area contributed by atoms with Crippen molar-refractivity contribution in [2.75, 3.05) is 7.11 Å². The summed E-state index contributed by atoms with van der Waals surface area (Å²) in [6, 6.07) is 0. The van der Waals surface area contributed by atoms with Gasteiger partial charge in [0.25, 0.3) is 0 Å². The van der Waals surface area contributed by atoms with Gasteiger partial charge < -0.3 is 18.0 Å². The highest BCUT2D eigenvalue weighted by Gasteiger charge is 2.66. The van der Waals surface area contributed by atoms with Crippen LogP contribution in [0.2, 0.25) is 58.9 Å². The Labute approximate surface area is 262 Å². The first-order valence-electron chi connectivity index (χ1n) is 17.3. The monoisotopic (exact) mass is 638 g/mol. The van der Waals surface area contributed by atoms with Crippen LogP contribution in [0.3, 0.4) is 0 Å². The third kappa shape index (κ3) is 7.35. The molecule has 5 nitrogen and oxygen atoms in total. The first kappa shape index (κ1) is 34.9. The molecule has 0 radical (unpaired) electrons. The minimum Gasteiger partial charge on any atom is -0.469 e. The highest BCUT2D eigenvalue weighted by atomic mass is 28.4. The minimum atomic E-state index is -1.85. The van der Waals surface area contributed by atoms with E-state index in [4.69, 9.17) is 18.0 Å². The van der Waals surface area contributed by atoms with Gasteiger partial charge in [0, 0.05) is 12.5 Å². The van der Waals surface area contributed by atoms with Crippen molar-refractivity contribution in [3.63, 3.8) is 0 Å². The van der Waals surface area contributed by atoms with Crippen molar-refractivity contribution >= 4 is 30.9 Å². The maximum absolute atomic E-state index is 12.0. The molecule has 0 aliphatic heterocycles. The summed E-state index contributed by atoms with van der Waals surface area (Å²) in [4.78, 5) is 12.0. The number of carbonyl (C=O) groups is 1. The molecule has 0 spiro atoms. The smallest absolute Gasteiger partial charge is 0.305 e. The zero-order valence-electron chi connectivity index (χ0n) is 29.6. The van der Waals surface area contributed by atoms with Crippen molar-refractivity contribution in [1.29, 1.82) is 0 Å². The number of fused-ring (bicyclic) bond motifs is 5. The molecule has 0 aromatic rings. The van der Waals surface area contributed by atoms with Gasteiger partial charge in [-0.1, -0.05) is 20.8 Å². The Bertz CT molecular complexity index is 954. The van der Waals surface area contributed by atoms with Crippen LogP contribution in [0.1, 0.15) is 78.6 Å². The van der Waals surface area contributed by atoms with Gasteiger partial charge in [0.2, 0.25) is 0 Å². The fraction of sp³-hybridized carbons (Fsp3) is 0.971. The number of rotatable bonds is 10. The molecule has 42 heavy (non-hydrogen) atoms. The fourth-order valence-electron chi connectivity index (χ4n) is 10.5. The van der Waals surface area contributed by atoms with Crippen LogP contribution < -0.4 is 0 Å². The standard InChI is InChI=1S/C34H66O5Si3/c1-23(14-17-29(35)36-4)25-15-16-26-30-27(19-21-33(25,26)2)34(3)20-18-24(37-40(5,6)7)22-28(34)31(38-41(8,9)10)32(30)39-42(11,12)13/h23-28,30-32H,14-22H2,1-13H3/t23-,24-,25?,26?,27?,28?,30?,31-,32-,33-,34-/m1/s1. The molecule has 0 amide bonds. The third-order valence-electron chi connectivity index (χ3n) is 11.9. The largest absolute Gasteiger partial charge is 0.469 e. The van der Waals surface area contributed by atoms with Crippen LogP contribution in [-0.4, -0.2) is 56.3 Å². The van der Waals surface area contributed by atoms with Crippen LogP contribution in [0.15, 0.2) is 0 Å². The molecule has 4 saturated carbocycles. The summed E-state index contributed by atoms with van der Waals surface area (Å²) < 4.78 is 26.6. The van der Waals surface area contributed by atoms with E-state index in [9.17, 15) is 4.79 Å². The zero-order chi connectivity index (χ0) is 31.5. The van der Waals surface area contributed by atoms with Crippen molar-refractivity contribution < 1.29 is 22.8 Å². The van der Waals surface area contributed by atoms with Crippen molar-refractivity contribution in [3.8, 4) is 0 Å². The lowest BCUT2D eigenvalue weighted by molar-refractivity contribution is -0.213. The second kappa shape index (κ2) is 12.3. The van der Waals surface area contributed by atoms with E-state index in [-0.39, 0.29) is 23.6 Å². The molecule has 5 unspecified atom stereocenters. The number of methoxy groups -OCH3 is 1. The predicted octanol–water partition coefficient (Wildman–Crippen LogP) is 9.11. The van der Waals surface area contributed by atoms with Gasteiger partial charge >= 0.3 is 5.97 Å². The average molecular weight is 639 g/mol. The van der Waals surface area contributed by atoms with E-state index < -0.39 is 25.0 Å². The third-order valence-corrected chi connectivity index (χ3v) is 14.9. The van der Waals surface area contributed by atoms with Crippen molar-refractivity contribution in [3.05, 3.63) is 0 Å². The first-order valence-corrected chi connectivity index (χ1v) is 27.5. The summed E-state index contributed by atoms with van der Waals surface area (Å²) in [5.41, 5.74) is 0.562. The summed E-state index contributed by atoms with van der Waals surface area (Å²) in [5.74, 6) is 3.49. The van der Waals surface area contributed by atoms with Crippen LogP contribution in [0.25, 0.3) is 0 Å². The molecule has 0 N–H and O–H groups in total. The Kier molecular flexibility index (Phi) is 10.2. The normalized spacial score (nSPS) is 41.5. The summed E-state index contributed by atoms with van der Waals surface area (Å²) in [6.07, 6.45) is 10.9. The maximum atomic E-state index is 12.0. The summed E-state index contributed by atoms with van der Waals surface area (Å²) >= 11 is 0. The molecule has 4 fully saturated rings. The van der Waals surface area contributed by atoms with Gasteiger partial charge in [-0.25, -0.2) is 0 Å². The highest BCUT2D eigenvalue weighted by Crippen LogP contribution is 2.69. The Morgan fingerprint density at radius 2 is 1.29 bits per heavy atom. The molecule has 0 heterocycles. The Balaban J connectivity index is 1.73. The molecule has 8 heteroatoms. The molecule has 4 aliphatic carbocycles. The van der Waals surface area contributed by atoms with Crippen molar-refractivity contribution in [2.24, 2.45) is 46.3 Å². The molecule has 0 aromatic carbocycles. The highest BCUT2D eigenvalue weighted by molar-refractivity contribution is 6.70. The zero-order valence-corrected chi connectivity index (χ0v) is 32.6. The molecule has 244 valence electrons. The molecular formula is C34H66O5Si3. The summed E-state index contributed by atoms with van der Waals surface area (Å²) in [6.45, 7) is 29.0. The number of hydrogen-bond acceptors (Lipinski definition) is 5. The number of hydrogen-bond donors (Lipinski definition) is 0. The molecule has 0 bridgehead atoms. The average Bonchev–Trinajstić information content (AvgIpc) is 3.19. The minimum absolute atomic E-state index is 0.0693. The first-order chi connectivity index (χ1) is 19.2. The van der Waals surface area contributed by atoms with E-state index >= 15 is 0 Å². The van der Waals surface area contributed by atoms with Gasteiger partial charge in [0.05, 0.1) is 19.3 Å². The maximum Gasteiger partial charge on any atom is 0.305 e. The van der Waals surface area contributed by atoms with Crippen molar-refractivity contribution in [1.82, 2.24) is 0 Å². The number of ether oxygens (including phenoxy) is 1. The predicted molar refractivity (Wildman–Crippen MR) is 181 cm³/mol. The quantitative estimate of drug-likeness (QED) is 0.176. The molecular weight excluding hydrogens is 573 g/mol. The van der Waals surface area contributed by atoms with E-state index in [1.54, 1.807) is 0 Å². The van der Waals surface area contributed by atoms with Crippen LogP contribution in [0, 0.1) is 46.3 Å². The summed E-state index contributed by atoms with van der Waals surface area (Å²) in [5, 5.41) is 0. The van der Waals surface area contributed by atoms with Crippen LogP contribution >= 0.6 is 0 Å². The molecule has 4 aliphatic rings. The second-order valence-corrected chi connectivity index (χ2v) is 31.6. The van der Waals surface area contributed by atoms with E-state index in [2.05, 4.69) is 79.7 Å². The van der Waals surface area contributed by atoms with Crippen LogP contribution in [0.4, 0.5) is 0 Å². The van der Waals surface area contributed by atoms with Gasteiger partial charge in [-0.15, -0.1) is 0 Å². The van der Waals surface area contributed by atoms with Gasteiger partial charge in [0.15, 0.2) is 25.0 Å². The van der Waals surface area contributed by atoms with E-state index in [1.807, 2.05) is 0 Å². The van der Waals surface area contributed by atoms with Crippen LogP contribution in [0.5, 0.6) is 0 Å². The fourth-order valence-corrected chi connectivity index (χ4v) is 13.9. The Hall–Kier alpha value is 0.000649. The van der Waals surface area contributed by atoms with E-state index in [1.165, 1.54) is 45.6 Å². The Morgan fingerprint density at radius 3 is 1.86 bits per heavy atom. The lowest BCUT2D eigenvalue weighted by Crippen LogP contribution is -2.67. The number of esters is 1. The summed E-state index contributed by atoms with van der Waals surface area (Å²) in [7, 11) is -3.82. The lowest BCUT2D eigenvalue weighted by atomic mass is 9.43. The van der Waals surface area contributed by atoms with E-state index in [0.717, 1.165) is 12.8 Å². The molecule has 4 rings (SSSR count). The molecule has 0 saturated heterocycles. The SMILES string of the molecule is COC(=O)CC[C@@H](C)C1CCC2C3C(CC[C@@]21C)[C@@]1(C)CC[C@@H](O[Si](C)(C)C)CC1[C@@H](O[Si](C)(C)C)[C@@H]3O[Si](C)(C)C. The van der Waals surface area contributed by atoms with E-state index in [0.29, 0.717) is 53.4 Å². The van der Waals surface area contributed by atoms with Crippen LogP contribution in [-0.2, 0) is 22.8 Å². The van der Waals surface area contributed by atoms with Gasteiger partial charge in [0.1, 0.15) is 0 Å². The van der Waals surface area contributed by atoms with Gasteiger partial charge in [-0.3, -0.25) is 4.79 Å². The lowest BCUT2D eigenvalue weighted by Gasteiger charge is -2.66.